The van der Waals surface area contributed by atoms with Crippen LogP contribution in [-0.4, -0.2) is 24.7 Å². The summed E-state index contributed by atoms with van der Waals surface area (Å²) in [6.45, 7) is 7.79. The number of hydrogen-bond donors (Lipinski definition) is 1. The highest BCUT2D eigenvalue weighted by Gasteiger charge is 1.97. The van der Waals surface area contributed by atoms with E-state index in [9.17, 15) is 0 Å². The number of aromatic nitrogens is 1. The second kappa shape index (κ2) is 7.41. The number of rotatable bonds is 7. The lowest BCUT2D eigenvalue weighted by Gasteiger charge is -2.07. The molecule has 0 aromatic carbocycles. The van der Waals surface area contributed by atoms with Gasteiger partial charge >= 0.3 is 0 Å². The van der Waals surface area contributed by atoms with Gasteiger partial charge in [0.05, 0.1) is 18.9 Å². The van der Waals surface area contributed by atoms with Crippen LogP contribution in [0.4, 0.5) is 5.82 Å². The summed E-state index contributed by atoms with van der Waals surface area (Å²) in [5.41, 5.74) is 0.984. The van der Waals surface area contributed by atoms with Crippen molar-refractivity contribution in [3.8, 4) is 0 Å². The van der Waals surface area contributed by atoms with Crippen LogP contribution in [0.1, 0.15) is 12.1 Å². The number of hydrogen-bond acceptors (Lipinski definition) is 3. The highest BCUT2D eigenvalue weighted by molar-refractivity contribution is 9.10. The molecule has 0 fully saturated rings. The van der Waals surface area contributed by atoms with Crippen molar-refractivity contribution in [3.05, 3.63) is 35.0 Å². The van der Waals surface area contributed by atoms with Gasteiger partial charge in [0.25, 0.3) is 0 Å². The number of aryl methyl sites for hydroxylation is 1. The Hall–Kier alpha value is -0.870. The van der Waals surface area contributed by atoms with Crippen molar-refractivity contribution in [2.45, 2.75) is 13.3 Å². The molecule has 0 spiro atoms. The van der Waals surface area contributed by atoms with Crippen molar-refractivity contribution in [2.24, 2.45) is 0 Å². The lowest BCUT2D eigenvalue weighted by atomic mass is 10.4. The average molecular weight is 285 g/mol. The van der Waals surface area contributed by atoms with E-state index in [1.807, 2.05) is 25.1 Å². The van der Waals surface area contributed by atoms with E-state index in [0.717, 1.165) is 35.6 Å². The number of ether oxygens (including phenoxy) is 1. The summed E-state index contributed by atoms with van der Waals surface area (Å²) in [7, 11) is 0. The zero-order chi connectivity index (χ0) is 11.8. The zero-order valence-corrected chi connectivity index (χ0v) is 11.1. The van der Waals surface area contributed by atoms with Crippen LogP contribution >= 0.6 is 15.9 Å². The van der Waals surface area contributed by atoms with E-state index in [-0.39, 0.29) is 0 Å². The van der Waals surface area contributed by atoms with E-state index in [4.69, 9.17) is 4.74 Å². The summed E-state index contributed by atoms with van der Waals surface area (Å²) in [5.74, 6) is 0.882. The lowest BCUT2D eigenvalue weighted by molar-refractivity contribution is 0.149. The minimum atomic E-state index is 0.685. The summed E-state index contributed by atoms with van der Waals surface area (Å²) in [6, 6.07) is 3.93. The molecule has 1 aromatic heterocycles. The molecule has 1 aromatic rings. The standard InChI is InChI=1S/C12H17BrN2O/c1-3-4-8-16-9-7-14-12-6-5-11(13)10(2)15-12/h3,5-6H,1,4,7-9H2,2H3,(H,14,15). The number of anilines is 1. The molecule has 0 aliphatic heterocycles. The Labute approximate surface area is 105 Å². The molecular formula is C12H17BrN2O. The van der Waals surface area contributed by atoms with Gasteiger partial charge < -0.3 is 10.1 Å². The molecule has 1 rings (SSSR count). The van der Waals surface area contributed by atoms with E-state index in [2.05, 4.69) is 32.8 Å². The van der Waals surface area contributed by atoms with Gasteiger partial charge in [0.2, 0.25) is 0 Å². The van der Waals surface area contributed by atoms with Crippen LogP contribution in [0.2, 0.25) is 0 Å². The minimum Gasteiger partial charge on any atom is -0.379 e. The molecule has 0 aliphatic rings. The van der Waals surface area contributed by atoms with Crippen LogP contribution in [0.25, 0.3) is 0 Å². The van der Waals surface area contributed by atoms with Crippen LogP contribution in [0, 0.1) is 6.92 Å². The topological polar surface area (TPSA) is 34.1 Å². The largest absolute Gasteiger partial charge is 0.379 e. The predicted octanol–water partition coefficient (Wildman–Crippen LogP) is 3.16. The fourth-order valence-corrected chi connectivity index (χ4v) is 1.38. The molecule has 3 nitrogen and oxygen atoms in total. The Bertz CT molecular complexity index is 342. The average Bonchev–Trinajstić information content (AvgIpc) is 2.28. The zero-order valence-electron chi connectivity index (χ0n) is 9.50. The quantitative estimate of drug-likeness (QED) is 0.617. The van der Waals surface area contributed by atoms with Crippen LogP contribution in [0.3, 0.4) is 0 Å². The molecule has 0 atom stereocenters. The van der Waals surface area contributed by atoms with Gasteiger partial charge in [-0.2, -0.15) is 0 Å². The molecule has 0 unspecified atom stereocenters. The molecule has 0 aliphatic carbocycles. The molecule has 4 heteroatoms. The Morgan fingerprint density at radius 2 is 2.31 bits per heavy atom. The second-order valence-corrected chi connectivity index (χ2v) is 4.23. The van der Waals surface area contributed by atoms with E-state index in [0.29, 0.717) is 6.61 Å². The summed E-state index contributed by atoms with van der Waals surface area (Å²) in [6.07, 6.45) is 2.75. The van der Waals surface area contributed by atoms with Gasteiger partial charge in [-0.25, -0.2) is 4.98 Å². The SMILES string of the molecule is C=CCCOCCNc1ccc(Br)c(C)n1. The first-order valence-corrected chi connectivity index (χ1v) is 6.09. The molecule has 0 saturated carbocycles. The van der Waals surface area contributed by atoms with Gasteiger partial charge in [0.1, 0.15) is 5.82 Å². The predicted molar refractivity (Wildman–Crippen MR) is 70.8 cm³/mol. The molecule has 1 heterocycles. The molecule has 0 bridgehead atoms. The lowest BCUT2D eigenvalue weighted by Crippen LogP contribution is -2.11. The number of pyridine rings is 1. The van der Waals surface area contributed by atoms with E-state index < -0.39 is 0 Å². The third kappa shape index (κ3) is 4.77. The smallest absolute Gasteiger partial charge is 0.126 e. The normalized spacial score (nSPS) is 10.1. The summed E-state index contributed by atoms with van der Waals surface area (Å²) in [4.78, 5) is 4.38. The second-order valence-electron chi connectivity index (χ2n) is 3.38. The Kier molecular flexibility index (Phi) is 6.11. The molecule has 88 valence electrons. The van der Waals surface area contributed by atoms with Crippen molar-refractivity contribution in [1.29, 1.82) is 0 Å². The van der Waals surface area contributed by atoms with E-state index >= 15 is 0 Å². The molecule has 0 saturated heterocycles. The van der Waals surface area contributed by atoms with Gasteiger partial charge in [-0.15, -0.1) is 6.58 Å². The van der Waals surface area contributed by atoms with Crippen molar-refractivity contribution < 1.29 is 4.74 Å². The fourth-order valence-electron chi connectivity index (χ4n) is 1.16. The highest BCUT2D eigenvalue weighted by atomic mass is 79.9. The van der Waals surface area contributed by atoms with Crippen LogP contribution in [0.5, 0.6) is 0 Å². The number of nitrogens with one attached hydrogen (secondary N) is 1. The number of halogens is 1. The van der Waals surface area contributed by atoms with E-state index in [1.165, 1.54) is 0 Å². The van der Waals surface area contributed by atoms with Gasteiger partial charge in [-0.05, 0) is 41.4 Å². The van der Waals surface area contributed by atoms with Gasteiger partial charge in [-0.1, -0.05) is 6.08 Å². The van der Waals surface area contributed by atoms with Gasteiger partial charge in [0, 0.05) is 11.0 Å². The summed E-state index contributed by atoms with van der Waals surface area (Å²) >= 11 is 3.42. The number of nitrogens with zero attached hydrogens (tertiary/aromatic N) is 1. The monoisotopic (exact) mass is 284 g/mol. The van der Waals surface area contributed by atoms with Crippen molar-refractivity contribution in [3.63, 3.8) is 0 Å². The van der Waals surface area contributed by atoms with Crippen molar-refractivity contribution in [2.75, 3.05) is 25.1 Å². The maximum Gasteiger partial charge on any atom is 0.126 e. The van der Waals surface area contributed by atoms with Crippen LogP contribution < -0.4 is 5.32 Å². The Morgan fingerprint density at radius 3 is 3.00 bits per heavy atom. The molecular weight excluding hydrogens is 268 g/mol. The minimum absolute atomic E-state index is 0.685. The molecule has 16 heavy (non-hydrogen) atoms. The Morgan fingerprint density at radius 1 is 1.50 bits per heavy atom. The van der Waals surface area contributed by atoms with Gasteiger partial charge in [0.15, 0.2) is 0 Å². The van der Waals surface area contributed by atoms with Crippen molar-refractivity contribution >= 4 is 21.7 Å². The fraction of sp³-hybridized carbons (Fsp3) is 0.417. The molecule has 1 N–H and O–H groups in total. The summed E-state index contributed by atoms with van der Waals surface area (Å²) < 4.78 is 6.41. The van der Waals surface area contributed by atoms with Crippen LogP contribution in [-0.2, 0) is 4.74 Å². The molecule has 0 radical (unpaired) electrons. The Balaban J connectivity index is 2.21. The first-order valence-electron chi connectivity index (χ1n) is 5.29. The maximum atomic E-state index is 5.38. The maximum absolute atomic E-state index is 5.38. The van der Waals surface area contributed by atoms with Crippen LogP contribution in [0.15, 0.2) is 29.3 Å². The van der Waals surface area contributed by atoms with Crippen molar-refractivity contribution in [1.82, 2.24) is 4.98 Å². The third-order valence-electron chi connectivity index (χ3n) is 2.04. The first-order chi connectivity index (χ1) is 7.74. The van der Waals surface area contributed by atoms with E-state index in [1.54, 1.807) is 0 Å². The molecule has 0 amide bonds. The highest BCUT2D eigenvalue weighted by Crippen LogP contribution is 2.15. The third-order valence-corrected chi connectivity index (χ3v) is 2.88. The summed E-state index contributed by atoms with van der Waals surface area (Å²) in [5, 5.41) is 3.21. The van der Waals surface area contributed by atoms with Gasteiger partial charge in [-0.3, -0.25) is 0 Å². The first kappa shape index (κ1) is 13.2.